The van der Waals surface area contributed by atoms with Crippen molar-refractivity contribution in [3.05, 3.63) is 95.1 Å². The third-order valence-electron chi connectivity index (χ3n) is 4.53. The molecular formula is C24H25F2NO2. The Morgan fingerprint density at radius 3 is 2.10 bits per heavy atom. The van der Waals surface area contributed by atoms with Gasteiger partial charge in [-0.25, -0.2) is 8.78 Å². The monoisotopic (exact) mass is 397 g/mol. The van der Waals surface area contributed by atoms with E-state index in [1.807, 2.05) is 31.2 Å². The Morgan fingerprint density at radius 1 is 0.759 bits per heavy atom. The molecule has 3 aromatic carbocycles. The Kier molecular flexibility index (Phi) is 7.59. The van der Waals surface area contributed by atoms with Crippen LogP contribution in [0.1, 0.15) is 23.6 Å². The summed E-state index contributed by atoms with van der Waals surface area (Å²) in [5.74, 6) is 0.723. The minimum Gasteiger partial charge on any atom is -0.490 e. The van der Waals surface area contributed by atoms with Gasteiger partial charge in [-0.2, -0.15) is 0 Å². The number of hydrogen-bond acceptors (Lipinski definition) is 3. The van der Waals surface area contributed by atoms with E-state index in [9.17, 15) is 8.78 Å². The molecule has 0 radical (unpaired) electrons. The second-order valence-electron chi connectivity index (χ2n) is 6.58. The van der Waals surface area contributed by atoms with Crippen LogP contribution in [0.25, 0.3) is 0 Å². The van der Waals surface area contributed by atoms with Crippen LogP contribution in [0.4, 0.5) is 8.78 Å². The van der Waals surface area contributed by atoms with Crippen molar-refractivity contribution in [3.8, 4) is 11.5 Å². The molecule has 3 aromatic rings. The van der Waals surface area contributed by atoms with Gasteiger partial charge < -0.3 is 14.8 Å². The van der Waals surface area contributed by atoms with Crippen molar-refractivity contribution in [1.82, 2.24) is 5.32 Å². The molecule has 0 atom stereocenters. The standard InChI is InChI=1S/C24H25F2NO2/c1-2-28-23-13-7-10-19(16-27-15-14-18-8-3-5-11-21(18)25)24(23)29-17-20-9-4-6-12-22(20)26/h3-13,27H,2,14-17H2,1H3. The van der Waals surface area contributed by atoms with Crippen molar-refractivity contribution in [2.24, 2.45) is 0 Å². The fourth-order valence-corrected chi connectivity index (χ4v) is 3.05. The third-order valence-corrected chi connectivity index (χ3v) is 4.53. The molecule has 152 valence electrons. The number of benzene rings is 3. The molecule has 5 heteroatoms. The third kappa shape index (κ3) is 5.78. The van der Waals surface area contributed by atoms with Crippen LogP contribution in [-0.4, -0.2) is 13.2 Å². The van der Waals surface area contributed by atoms with Crippen molar-refractivity contribution in [3.63, 3.8) is 0 Å². The second-order valence-corrected chi connectivity index (χ2v) is 6.58. The van der Waals surface area contributed by atoms with Gasteiger partial charge in [0.2, 0.25) is 0 Å². The summed E-state index contributed by atoms with van der Waals surface area (Å²) < 4.78 is 39.3. The quantitative estimate of drug-likeness (QED) is 0.473. The van der Waals surface area contributed by atoms with Gasteiger partial charge in [-0.05, 0) is 43.7 Å². The van der Waals surface area contributed by atoms with E-state index in [4.69, 9.17) is 9.47 Å². The first kappa shape index (κ1) is 20.8. The van der Waals surface area contributed by atoms with Crippen LogP contribution in [-0.2, 0) is 19.6 Å². The molecule has 0 aliphatic rings. The molecule has 0 aliphatic carbocycles. The van der Waals surface area contributed by atoms with E-state index in [1.165, 1.54) is 12.1 Å². The van der Waals surface area contributed by atoms with Crippen LogP contribution >= 0.6 is 0 Å². The molecular weight excluding hydrogens is 372 g/mol. The summed E-state index contributed by atoms with van der Waals surface area (Å²) in [7, 11) is 0. The number of ether oxygens (including phenoxy) is 2. The number of para-hydroxylation sites is 1. The zero-order chi connectivity index (χ0) is 20.5. The molecule has 3 rings (SSSR count). The highest BCUT2D eigenvalue weighted by atomic mass is 19.1. The molecule has 29 heavy (non-hydrogen) atoms. The summed E-state index contributed by atoms with van der Waals surface area (Å²) in [6.45, 7) is 3.66. The van der Waals surface area contributed by atoms with E-state index in [0.717, 1.165) is 5.56 Å². The summed E-state index contributed by atoms with van der Waals surface area (Å²) in [5, 5.41) is 3.32. The van der Waals surface area contributed by atoms with Gasteiger partial charge >= 0.3 is 0 Å². The Bertz CT molecular complexity index is 930. The van der Waals surface area contributed by atoms with Gasteiger partial charge in [0, 0.05) is 17.7 Å². The normalized spacial score (nSPS) is 10.7. The minimum atomic E-state index is -0.300. The van der Waals surface area contributed by atoms with Crippen LogP contribution in [0.2, 0.25) is 0 Å². The van der Waals surface area contributed by atoms with Crippen LogP contribution in [0.5, 0.6) is 11.5 Å². The number of halogens is 2. The van der Waals surface area contributed by atoms with E-state index in [0.29, 0.717) is 48.7 Å². The SMILES string of the molecule is CCOc1cccc(CNCCc2ccccc2F)c1OCc1ccccc1F. The maximum atomic E-state index is 13.9. The summed E-state index contributed by atoms with van der Waals surface area (Å²) in [4.78, 5) is 0. The van der Waals surface area contributed by atoms with Crippen molar-refractivity contribution in [2.75, 3.05) is 13.2 Å². The summed E-state index contributed by atoms with van der Waals surface area (Å²) >= 11 is 0. The fourth-order valence-electron chi connectivity index (χ4n) is 3.05. The zero-order valence-corrected chi connectivity index (χ0v) is 16.5. The van der Waals surface area contributed by atoms with Crippen molar-refractivity contribution >= 4 is 0 Å². The van der Waals surface area contributed by atoms with E-state index in [-0.39, 0.29) is 18.2 Å². The number of nitrogens with one attached hydrogen (secondary N) is 1. The first-order valence-corrected chi connectivity index (χ1v) is 9.74. The van der Waals surface area contributed by atoms with E-state index < -0.39 is 0 Å². The number of rotatable bonds is 10. The van der Waals surface area contributed by atoms with Crippen LogP contribution < -0.4 is 14.8 Å². The van der Waals surface area contributed by atoms with E-state index in [2.05, 4.69) is 5.32 Å². The Hall–Kier alpha value is -2.92. The molecule has 0 saturated heterocycles. The Morgan fingerprint density at radius 2 is 1.41 bits per heavy atom. The van der Waals surface area contributed by atoms with Gasteiger partial charge in [0.25, 0.3) is 0 Å². The first-order chi connectivity index (χ1) is 14.2. The lowest BCUT2D eigenvalue weighted by atomic mass is 10.1. The highest BCUT2D eigenvalue weighted by Gasteiger charge is 2.12. The molecule has 0 spiro atoms. The zero-order valence-electron chi connectivity index (χ0n) is 16.5. The van der Waals surface area contributed by atoms with Gasteiger partial charge in [0.15, 0.2) is 11.5 Å². The fraction of sp³-hybridized carbons (Fsp3) is 0.250. The van der Waals surface area contributed by atoms with Crippen LogP contribution in [0, 0.1) is 11.6 Å². The van der Waals surface area contributed by atoms with Crippen LogP contribution in [0.15, 0.2) is 66.7 Å². The summed E-state index contributed by atoms with van der Waals surface area (Å²) in [6, 6.07) is 19.0. The number of hydrogen-bond donors (Lipinski definition) is 1. The highest BCUT2D eigenvalue weighted by molar-refractivity contribution is 5.46. The van der Waals surface area contributed by atoms with E-state index in [1.54, 1.807) is 30.3 Å². The first-order valence-electron chi connectivity index (χ1n) is 9.74. The van der Waals surface area contributed by atoms with Gasteiger partial charge in [-0.1, -0.05) is 48.5 Å². The minimum absolute atomic E-state index is 0.110. The van der Waals surface area contributed by atoms with Crippen molar-refractivity contribution < 1.29 is 18.3 Å². The Balaban J connectivity index is 1.66. The van der Waals surface area contributed by atoms with Gasteiger partial charge in [-0.15, -0.1) is 0 Å². The predicted molar refractivity (Wildman–Crippen MR) is 110 cm³/mol. The molecule has 0 bridgehead atoms. The molecule has 0 amide bonds. The van der Waals surface area contributed by atoms with Gasteiger partial charge in [-0.3, -0.25) is 0 Å². The van der Waals surface area contributed by atoms with Gasteiger partial charge in [0.05, 0.1) is 6.61 Å². The maximum Gasteiger partial charge on any atom is 0.166 e. The summed E-state index contributed by atoms with van der Waals surface area (Å²) in [6.07, 6.45) is 0.587. The molecule has 0 saturated carbocycles. The molecule has 0 aliphatic heterocycles. The van der Waals surface area contributed by atoms with Crippen molar-refractivity contribution in [2.45, 2.75) is 26.5 Å². The molecule has 0 aromatic heterocycles. The van der Waals surface area contributed by atoms with Gasteiger partial charge in [0.1, 0.15) is 18.2 Å². The van der Waals surface area contributed by atoms with Crippen molar-refractivity contribution in [1.29, 1.82) is 0 Å². The maximum absolute atomic E-state index is 13.9. The topological polar surface area (TPSA) is 30.5 Å². The molecule has 0 heterocycles. The summed E-state index contributed by atoms with van der Waals surface area (Å²) in [5.41, 5.74) is 2.07. The lowest BCUT2D eigenvalue weighted by Crippen LogP contribution is -2.18. The lowest BCUT2D eigenvalue weighted by Gasteiger charge is -2.17. The predicted octanol–water partition coefficient (Wildman–Crippen LogP) is 5.27. The molecule has 0 unspecified atom stereocenters. The Labute approximate surface area is 170 Å². The smallest absolute Gasteiger partial charge is 0.166 e. The average molecular weight is 397 g/mol. The molecule has 1 N–H and O–H groups in total. The molecule has 0 fully saturated rings. The highest BCUT2D eigenvalue weighted by Crippen LogP contribution is 2.32. The second kappa shape index (κ2) is 10.6. The average Bonchev–Trinajstić information content (AvgIpc) is 2.73. The largest absolute Gasteiger partial charge is 0.490 e. The molecule has 3 nitrogen and oxygen atoms in total. The lowest BCUT2D eigenvalue weighted by molar-refractivity contribution is 0.262. The van der Waals surface area contributed by atoms with E-state index >= 15 is 0 Å². The van der Waals surface area contributed by atoms with Crippen LogP contribution in [0.3, 0.4) is 0 Å².